The van der Waals surface area contributed by atoms with E-state index in [2.05, 4.69) is 43.8 Å². The highest BCUT2D eigenvalue weighted by molar-refractivity contribution is 9.11. The summed E-state index contributed by atoms with van der Waals surface area (Å²) < 4.78 is 12.8. The summed E-state index contributed by atoms with van der Waals surface area (Å²) in [5.74, 6) is 0.500. The van der Waals surface area contributed by atoms with Crippen molar-refractivity contribution in [3.63, 3.8) is 0 Å². The highest BCUT2D eigenvalue weighted by Gasteiger charge is 2.23. The first-order chi connectivity index (χ1) is 11.5. The van der Waals surface area contributed by atoms with Gasteiger partial charge in [0, 0.05) is 32.5 Å². The number of rotatable bonds is 7. The zero-order valence-corrected chi connectivity index (χ0v) is 16.6. The van der Waals surface area contributed by atoms with Crippen molar-refractivity contribution in [1.29, 1.82) is 0 Å². The van der Waals surface area contributed by atoms with Gasteiger partial charge in [0.1, 0.15) is 0 Å². The molecule has 0 atom stereocenters. The summed E-state index contributed by atoms with van der Waals surface area (Å²) in [7, 11) is 1.56. The number of carbonyl (C=O) groups excluding carboxylic acids is 1. The molecule has 24 heavy (non-hydrogen) atoms. The number of methoxy groups -OCH3 is 1. The Balaban J connectivity index is 2.75. The third kappa shape index (κ3) is 3.89. The van der Waals surface area contributed by atoms with Crippen LogP contribution < -0.4 is 15.2 Å². The molecule has 1 aromatic heterocycles. The molecule has 2 aromatic rings. The first-order valence-electron chi connectivity index (χ1n) is 7.44. The number of aromatic nitrogens is 1. The van der Waals surface area contributed by atoms with Gasteiger partial charge in [0.2, 0.25) is 5.91 Å². The molecule has 2 rings (SSSR count). The summed E-state index contributed by atoms with van der Waals surface area (Å²) in [4.78, 5) is 16.1. The molecule has 2 N–H and O–H groups in total. The number of benzene rings is 1. The van der Waals surface area contributed by atoms with Crippen LogP contribution in [0.4, 0.5) is 0 Å². The maximum absolute atomic E-state index is 12.0. The predicted octanol–water partition coefficient (Wildman–Crippen LogP) is 4.56. The Kier molecular flexibility index (Phi) is 6.62. The quantitative estimate of drug-likeness (QED) is 0.618. The van der Waals surface area contributed by atoms with E-state index in [0.29, 0.717) is 38.2 Å². The molecular formula is C17H18Br2N2O3. The van der Waals surface area contributed by atoms with Gasteiger partial charge in [-0.3, -0.25) is 9.78 Å². The predicted molar refractivity (Wildman–Crippen MR) is 101 cm³/mol. The second-order valence-corrected chi connectivity index (χ2v) is 6.77. The summed E-state index contributed by atoms with van der Waals surface area (Å²) in [5.41, 5.74) is 7.26. The number of nitrogens with zero attached hydrogens (tertiary/aromatic N) is 1. The highest BCUT2D eigenvalue weighted by atomic mass is 79.9. The lowest BCUT2D eigenvalue weighted by Crippen LogP contribution is -2.14. The molecule has 0 unspecified atom stereocenters. The molecule has 0 saturated carbocycles. The molecule has 0 aliphatic heterocycles. The number of primary amides is 1. The summed E-state index contributed by atoms with van der Waals surface area (Å²) in [6.07, 6.45) is 5.19. The largest absolute Gasteiger partial charge is 0.493 e. The van der Waals surface area contributed by atoms with Crippen LogP contribution in [0.15, 0.2) is 33.5 Å². The molecule has 0 fully saturated rings. The van der Waals surface area contributed by atoms with E-state index in [4.69, 9.17) is 15.2 Å². The Morgan fingerprint density at radius 1 is 1.21 bits per heavy atom. The van der Waals surface area contributed by atoms with E-state index in [1.165, 1.54) is 0 Å². The third-order valence-electron chi connectivity index (χ3n) is 3.45. The van der Waals surface area contributed by atoms with Crippen molar-refractivity contribution in [2.75, 3.05) is 13.7 Å². The summed E-state index contributed by atoms with van der Waals surface area (Å²) in [5, 5.41) is 0. The molecule has 1 aromatic carbocycles. The minimum Gasteiger partial charge on any atom is -0.493 e. The second kappa shape index (κ2) is 8.48. The number of unbranched alkanes of at least 4 members (excludes halogenated alkanes) is 1. The van der Waals surface area contributed by atoms with Gasteiger partial charge in [0.15, 0.2) is 11.5 Å². The molecule has 0 aliphatic rings. The van der Waals surface area contributed by atoms with Gasteiger partial charge in [0.05, 0.1) is 19.3 Å². The fourth-order valence-corrected chi connectivity index (χ4v) is 3.62. The van der Waals surface area contributed by atoms with E-state index in [-0.39, 0.29) is 0 Å². The molecule has 5 nitrogen and oxygen atoms in total. The lowest BCUT2D eigenvalue weighted by Gasteiger charge is -2.19. The number of carbonyl (C=O) groups is 1. The van der Waals surface area contributed by atoms with Gasteiger partial charge >= 0.3 is 0 Å². The maximum Gasteiger partial charge on any atom is 0.249 e. The van der Waals surface area contributed by atoms with Crippen molar-refractivity contribution in [2.24, 2.45) is 5.73 Å². The zero-order chi connectivity index (χ0) is 17.7. The topological polar surface area (TPSA) is 74.4 Å². The highest BCUT2D eigenvalue weighted by Crippen LogP contribution is 2.46. The first-order valence-corrected chi connectivity index (χ1v) is 9.02. The standard InChI is InChI=1S/C17H18Br2N2O3/c1-3-4-7-24-16-13(23-2)6-5-10(17(20)22)14(16)15-11(18)8-21-9-12(15)19/h5-6,8-9H,3-4,7H2,1-2H3,(H2,20,22). The number of ether oxygens (including phenoxy) is 2. The van der Waals surface area contributed by atoms with E-state index in [1.54, 1.807) is 31.6 Å². The van der Waals surface area contributed by atoms with Crippen LogP contribution in [0.1, 0.15) is 30.1 Å². The van der Waals surface area contributed by atoms with Gasteiger partial charge in [-0.05, 0) is 50.4 Å². The fraction of sp³-hybridized carbons (Fsp3) is 0.294. The summed E-state index contributed by atoms with van der Waals surface area (Å²) in [6.45, 7) is 2.60. The second-order valence-electron chi connectivity index (χ2n) is 5.06. The van der Waals surface area contributed by atoms with Gasteiger partial charge in [-0.15, -0.1) is 0 Å². The van der Waals surface area contributed by atoms with Gasteiger partial charge in [-0.2, -0.15) is 0 Å². The Morgan fingerprint density at radius 3 is 2.42 bits per heavy atom. The van der Waals surface area contributed by atoms with E-state index < -0.39 is 5.91 Å². The number of halogens is 2. The molecule has 1 amide bonds. The van der Waals surface area contributed by atoms with Crippen molar-refractivity contribution in [3.8, 4) is 22.6 Å². The molecule has 0 saturated heterocycles. The monoisotopic (exact) mass is 456 g/mol. The van der Waals surface area contributed by atoms with Crippen molar-refractivity contribution < 1.29 is 14.3 Å². The molecule has 0 aliphatic carbocycles. The van der Waals surface area contributed by atoms with Crippen molar-refractivity contribution in [1.82, 2.24) is 4.98 Å². The number of pyridine rings is 1. The SMILES string of the molecule is CCCCOc1c(OC)ccc(C(N)=O)c1-c1c(Br)cncc1Br. The summed E-state index contributed by atoms with van der Waals surface area (Å²) >= 11 is 6.98. The van der Waals surface area contributed by atoms with Crippen LogP contribution in [0.5, 0.6) is 11.5 Å². The Morgan fingerprint density at radius 2 is 1.88 bits per heavy atom. The van der Waals surface area contributed by atoms with Crippen molar-refractivity contribution in [3.05, 3.63) is 39.0 Å². The normalized spacial score (nSPS) is 10.5. The minimum absolute atomic E-state index is 0.356. The molecule has 1 heterocycles. The van der Waals surface area contributed by atoms with Crippen LogP contribution in [0, 0.1) is 0 Å². The molecule has 128 valence electrons. The van der Waals surface area contributed by atoms with Gasteiger partial charge in [-0.25, -0.2) is 0 Å². The molecular weight excluding hydrogens is 440 g/mol. The maximum atomic E-state index is 12.0. The Bertz CT molecular complexity index is 731. The molecule has 7 heteroatoms. The molecule has 0 bridgehead atoms. The lowest BCUT2D eigenvalue weighted by molar-refractivity contribution is 0.100. The Hall–Kier alpha value is -1.60. The smallest absolute Gasteiger partial charge is 0.249 e. The number of amides is 1. The summed E-state index contributed by atoms with van der Waals surface area (Å²) in [6, 6.07) is 3.33. The van der Waals surface area contributed by atoms with Crippen molar-refractivity contribution in [2.45, 2.75) is 19.8 Å². The van der Waals surface area contributed by atoms with Crippen molar-refractivity contribution >= 4 is 37.8 Å². The lowest BCUT2D eigenvalue weighted by atomic mass is 9.98. The van der Waals surface area contributed by atoms with Crippen LogP contribution in [0.3, 0.4) is 0 Å². The van der Waals surface area contributed by atoms with Gasteiger partial charge in [-0.1, -0.05) is 13.3 Å². The third-order valence-corrected chi connectivity index (χ3v) is 4.66. The van der Waals surface area contributed by atoms with Crippen LogP contribution in [0.2, 0.25) is 0 Å². The average molecular weight is 458 g/mol. The van der Waals surface area contributed by atoms with Gasteiger partial charge in [0.25, 0.3) is 0 Å². The van der Waals surface area contributed by atoms with E-state index in [9.17, 15) is 4.79 Å². The first kappa shape index (κ1) is 18.7. The number of nitrogens with two attached hydrogens (primary N) is 1. The van der Waals surface area contributed by atoms with Gasteiger partial charge < -0.3 is 15.2 Å². The van der Waals surface area contributed by atoms with E-state index in [1.807, 2.05) is 0 Å². The molecule has 0 radical (unpaired) electrons. The number of hydrogen-bond acceptors (Lipinski definition) is 4. The van der Waals surface area contributed by atoms with Crippen LogP contribution in [0.25, 0.3) is 11.1 Å². The number of hydrogen-bond donors (Lipinski definition) is 1. The van der Waals surface area contributed by atoms with E-state index in [0.717, 1.165) is 18.4 Å². The molecule has 0 spiro atoms. The minimum atomic E-state index is -0.538. The Labute approximate surface area is 157 Å². The zero-order valence-electron chi connectivity index (χ0n) is 13.4. The van der Waals surface area contributed by atoms with Crippen LogP contribution in [-0.4, -0.2) is 24.6 Å². The fourth-order valence-electron chi connectivity index (χ4n) is 2.29. The average Bonchev–Trinajstić information content (AvgIpc) is 2.55. The van der Waals surface area contributed by atoms with Crippen LogP contribution in [-0.2, 0) is 0 Å². The van der Waals surface area contributed by atoms with Crippen LogP contribution >= 0.6 is 31.9 Å². The van der Waals surface area contributed by atoms with E-state index >= 15 is 0 Å².